The predicted molar refractivity (Wildman–Crippen MR) is 144 cm³/mol. The number of fused-ring (bicyclic) bond motifs is 1. The molecule has 8 nitrogen and oxygen atoms in total. The zero-order chi connectivity index (χ0) is 26.2. The van der Waals surface area contributed by atoms with Crippen LogP contribution >= 0.6 is 27.5 Å². The van der Waals surface area contributed by atoms with Crippen LogP contribution in [0.15, 0.2) is 10.5 Å². The van der Waals surface area contributed by atoms with Crippen molar-refractivity contribution in [2.24, 2.45) is 0 Å². The molecule has 0 radical (unpaired) electrons. The molecule has 0 unspecified atom stereocenters. The lowest BCUT2D eigenvalue weighted by atomic mass is 10.0. The first-order chi connectivity index (χ1) is 16.9. The van der Waals surface area contributed by atoms with Gasteiger partial charge in [-0.2, -0.15) is 0 Å². The molecule has 198 valence electrons. The second-order valence-electron chi connectivity index (χ2n) is 10.6. The van der Waals surface area contributed by atoms with Gasteiger partial charge in [0.05, 0.1) is 15.2 Å². The van der Waals surface area contributed by atoms with Crippen molar-refractivity contribution in [3.8, 4) is 5.88 Å². The smallest absolute Gasteiger partial charge is 0.410 e. The lowest BCUT2D eigenvalue weighted by Crippen LogP contribution is -2.44. The Balaban J connectivity index is 1.58. The molecule has 1 aromatic heterocycles. The summed E-state index contributed by atoms with van der Waals surface area (Å²) in [6, 6.07) is 1.92. The highest BCUT2D eigenvalue weighted by molar-refractivity contribution is 9.10. The number of nitrogens with two attached hydrogens (primary N) is 1. The first kappa shape index (κ1) is 27.0. The Kier molecular flexibility index (Phi) is 8.07. The van der Waals surface area contributed by atoms with Gasteiger partial charge in [0.25, 0.3) is 0 Å². The first-order valence-electron chi connectivity index (χ1n) is 12.3. The van der Waals surface area contributed by atoms with Crippen LogP contribution in [0.1, 0.15) is 46.5 Å². The molecule has 2 saturated heterocycles. The van der Waals surface area contributed by atoms with E-state index in [0.717, 1.165) is 19.4 Å². The number of amides is 1. The Morgan fingerprint density at radius 3 is 2.61 bits per heavy atom. The zero-order valence-electron chi connectivity index (χ0n) is 21.2. The van der Waals surface area contributed by atoms with Gasteiger partial charge in [-0.25, -0.2) is 14.2 Å². The van der Waals surface area contributed by atoms with Crippen molar-refractivity contribution < 1.29 is 18.7 Å². The van der Waals surface area contributed by atoms with E-state index in [1.54, 1.807) is 11.0 Å². The van der Waals surface area contributed by atoms with E-state index in [9.17, 15) is 4.79 Å². The van der Waals surface area contributed by atoms with Gasteiger partial charge < -0.3 is 30.3 Å². The summed E-state index contributed by atoms with van der Waals surface area (Å²) in [6.45, 7) is 8.06. The van der Waals surface area contributed by atoms with Crippen LogP contribution in [-0.4, -0.2) is 71.9 Å². The van der Waals surface area contributed by atoms with E-state index in [2.05, 4.69) is 38.2 Å². The van der Waals surface area contributed by atoms with Crippen LogP contribution in [0.2, 0.25) is 5.02 Å². The SMILES string of the molecule is CN1CCC[C@H]1COc1nc2c(F)c(Br)c(Cl)cc2c(NC2CCN(C(=O)OC(C)(C)C)CC2)c1N. The predicted octanol–water partition coefficient (Wildman–Crippen LogP) is 5.66. The number of rotatable bonds is 5. The molecular weight excluding hydrogens is 553 g/mol. The number of aromatic nitrogens is 1. The van der Waals surface area contributed by atoms with E-state index in [-0.39, 0.29) is 39.1 Å². The molecule has 36 heavy (non-hydrogen) atoms. The average Bonchev–Trinajstić information content (AvgIpc) is 3.22. The van der Waals surface area contributed by atoms with Crippen LogP contribution < -0.4 is 15.8 Å². The molecule has 2 fully saturated rings. The Labute approximate surface area is 224 Å². The van der Waals surface area contributed by atoms with Crippen LogP contribution in [0.25, 0.3) is 10.9 Å². The zero-order valence-corrected chi connectivity index (χ0v) is 23.5. The number of pyridine rings is 1. The summed E-state index contributed by atoms with van der Waals surface area (Å²) in [5, 5.41) is 4.19. The van der Waals surface area contributed by atoms with Gasteiger partial charge in [0.15, 0.2) is 5.82 Å². The van der Waals surface area contributed by atoms with Crippen molar-refractivity contribution in [1.82, 2.24) is 14.8 Å². The average molecular weight is 587 g/mol. The van der Waals surface area contributed by atoms with Gasteiger partial charge in [0, 0.05) is 30.6 Å². The number of halogens is 3. The monoisotopic (exact) mass is 585 g/mol. The number of nitrogens with one attached hydrogen (secondary N) is 1. The summed E-state index contributed by atoms with van der Waals surface area (Å²) >= 11 is 9.50. The molecule has 0 bridgehead atoms. The Morgan fingerprint density at radius 1 is 1.31 bits per heavy atom. The van der Waals surface area contributed by atoms with E-state index >= 15 is 4.39 Å². The number of hydrogen-bond acceptors (Lipinski definition) is 7. The van der Waals surface area contributed by atoms with Crippen molar-refractivity contribution in [2.75, 3.05) is 44.3 Å². The van der Waals surface area contributed by atoms with E-state index in [4.69, 9.17) is 26.8 Å². The van der Waals surface area contributed by atoms with Crippen LogP contribution in [0.5, 0.6) is 5.88 Å². The number of likely N-dealkylation sites (N-methyl/N-ethyl adjacent to an activating group) is 1. The molecule has 1 aromatic carbocycles. The second kappa shape index (κ2) is 10.8. The summed E-state index contributed by atoms with van der Waals surface area (Å²) < 4.78 is 26.9. The van der Waals surface area contributed by atoms with E-state index < -0.39 is 11.4 Å². The van der Waals surface area contributed by atoms with Crippen molar-refractivity contribution in [3.05, 3.63) is 21.4 Å². The summed E-state index contributed by atoms with van der Waals surface area (Å²) in [5.41, 5.74) is 6.98. The van der Waals surface area contributed by atoms with Gasteiger partial charge in [0.2, 0.25) is 5.88 Å². The van der Waals surface area contributed by atoms with E-state index in [1.165, 1.54) is 0 Å². The van der Waals surface area contributed by atoms with Crippen LogP contribution in [0, 0.1) is 5.82 Å². The minimum atomic E-state index is -0.567. The Bertz CT molecular complexity index is 1140. The van der Waals surface area contributed by atoms with Crippen LogP contribution in [0.3, 0.4) is 0 Å². The molecule has 1 amide bonds. The number of ether oxygens (including phenoxy) is 2. The molecule has 0 aliphatic carbocycles. The third-order valence-electron chi connectivity index (χ3n) is 6.70. The number of likely N-dealkylation sites (tertiary alicyclic amines) is 2. The lowest BCUT2D eigenvalue weighted by molar-refractivity contribution is 0.0210. The number of benzene rings is 1. The number of nitrogens with zero attached hydrogens (tertiary/aromatic N) is 3. The van der Waals surface area contributed by atoms with Crippen molar-refractivity contribution in [3.63, 3.8) is 0 Å². The Morgan fingerprint density at radius 2 is 2.00 bits per heavy atom. The van der Waals surface area contributed by atoms with Gasteiger partial charge in [0.1, 0.15) is 23.4 Å². The highest BCUT2D eigenvalue weighted by Gasteiger charge is 2.29. The number of carbonyl (C=O) groups excluding carboxylic acids is 1. The van der Waals surface area contributed by atoms with E-state index in [0.29, 0.717) is 49.3 Å². The third-order valence-corrected chi connectivity index (χ3v) is 8.00. The van der Waals surface area contributed by atoms with Crippen molar-refractivity contribution in [2.45, 2.75) is 64.1 Å². The summed E-state index contributed by atoms with van der Waals surface area (Å²) in [5.74, 6) is -0.368. The van der Waals surface area contributed by atoms with Crippen LogP contribution in [0.4, 0.5) is 20.6 Å². The van der Waals surface area contributed by atoms with E-state index in [1.807, 2.05) is 20.8 Å². The normalized spacial score (nSPS) is 19.6. The minimum absolute atomic E-state index is 0.0101. The number of anilines is 2. The maximum Gasteiger partial charge on any atom is 0.410 e. The van der Waals surface area contributed by atoms with Crippen molar-refractivity contribution >= 4 is 55.9 Å². The van der Waals surface area contributed by atoms with Gasteiger partial charge in [-0.15, -0.1) is 0 Å². The summed E-state index contributed by atoms with van der Waals surface area (Å²) in [7, 11) is 2.06. The number of carbonyl (C=O) groups is 1. The molecule has 0 spiro atoms. The van der Waals surface area contributed by atoms with Crippen LogP contribution in [-0.2, 0) is 4.74 Å². The van der Waals surface area contributed by atoms with Gasteiger partial charge in [-0.1, -0.05) is 11.6 Å². The largest absolute Gasteiger partial charge is 0.474 e. The molecule has 4 rings (SSSR count). The first-order valence-corrected chi connectivity index (χ1v) is 13.5. The fourth-order valence-electron chi connectivity index (χ4n) is 4.67. The molecular formula is C25H34BrClFN5O3. The highest BCUT2D eigenvalue weighted by atomic mass is 79.9. The molecule has 3 heterocycles. The summed E-state index contributed by atoms with van der Waals surface area (Å²) in [4.78, 5) is 20.8. The van der Waals surface area contributed by atoms with Gasteiger partial charge in [-0.3, -0.25) is 0 Å². The molecule has 11 heteroatoms. The number of piperidine rings is 1. The topological polar surface area (TPSA) is 93.0 Å². The number of nitrogen functional groups attached to an aromatic ring is 1. The molecule has 3 N–H and O–H groups in total. The molecule has 2 aliphatic heterocycles. The minimum Gasteiger partial charge on any atom is -0.474 e. The standard InChI is InChI=1S/C25H34BrClFN5O3/c1-25(2,3)36-24(34)33-10-7-14(8-11-33)30-22-16-12-17(27)18(26)19(28)21(16)31-23(20(22)29)35-13-15-6-5-9-32(15)4/h12,14-15H,5-11,13,29H2,1-4H3,(H,30,31)/t15-/m0/s1. The third kappa shape index (κ3) is 5.92. The quantitative estimate of drug-likeness (QED) is 0.437. The molecule has 1 atom stereocenters. The fourth-order valence-corrected chi connectivity index (χ4v) is 5.16. The molecule has 2 aliphatic rings. The molecule has 2 aromatic rings. The number of hydrogen-bond donors (Lipinski definition) is 2. The lowest BCUT2D eigenvalue weighted by Gasteiger charge is -2.34. The molecule has 0 saturated carbocycles. The maximum atomic E-state index is 15.2. The van der Waals surface area contributed by atoms with Crippen molar-refractivity contribution in [1.29, 1.82) is 0 Å². The second-order valence-corrected chi connectivity index (χ2v) is 11.8. The highest BCUT2D eigenvalue weighted by Crippen LogP contribution is 2.41. The Hall–Kier alpha value is -2.04. The maximum absolute atomic E-state index is 15.2. The van der Waals surface area contributed by atoms with Gasteiger partial charge >= 0.3 is 6.09 Å². The fraction of sp³-hybridized carbons (Fsp3) is 0.600. The van der Waals surface area contributed by atoms with Gasteiger partial charge in [-0.05, 0) is 82.0 Å². The summed E-state index contributed by atoms with van der Waals surface area (Å²) in [6.07, 6.45) is 3.18.